The van der Waals surface area contributed by atoms with Gasteiger partial charge in [0.1, 0.15) is 0 Å². The van der Waals surface area contributed by atoms with Gasteiger partial charge >= 0.3 is 0 Å². The SMILES string of the molecule is Cc1cc(Br)ccc1NC(=O)CSC1CCCCC1. The zero-order valence-electron chi connectivity index (χ0n) is 11.2. The van der Waals surface area contributed by atoms with E-state index in [1.165, 1.54) is 32.1 Å². The highest BCUT2D eigenvalue weighted by Crippen LogP contribution is 2.28. The van der Waals surface area contributed by atoms with E-state index in [0.29, 0.717) is 11.0 Å². The number of carbonyl (C=O) groups is 1. The van der Waals surface area contributed by atoms with Crippen LogP contribution in [0.4, 0.5) is 5.69 Å². The molecule has 0 aliphatic heterocycles. The smallest absolute Gasteiger partial charge is 0.234 e. The Kier molecular flexibility index (Phi) is 5.76. The zero-order chi connectivity index (χ0) is 13.7. The van der Waals surface area contributed by atoms with Crippen molar-refractivity contribution in [1.82, 2.24) is 0 Å². The first kappa shape index (κ1) is 14.9. The van der Waals surface area contributed by atoms with Crippen molar-refractivity contribution in [1.29, 1.82) is 0 Å². The molecule has 0 saturated heterocycles. The van der Waals surface area contributed by atoms with E-state index in [0.717, 1.165) is 15.7 Å². The molecule has 0 aromatic heterocycles. The molecule has 1 saturated carbocycles. The summed E-state index contributed by atoms with van der Waals surface area (Å²) in [7, 11) is 0. The van der Waals surface area contributed by atoms with Crippen molar-refractivity contribution in [2.45, 2.75) is 44.3 Å². The Hall–Kier alpha value is -0.480. The van der Waals surface area contributed by atoms with Gasteiger partial charge in [-0.25, -0.2) is 0 Å². The van der Waals surface area contributed by atoms with Crippen molar-refractivity contribution in [3.05, 3.63) is 28.2 Å². The molecule has 0 spiro atoms. The van der Waals surface area contributed by atoms with Gasteiger partial charge in [0.05, 0.1) is 5.75 Å². The van der Waals surface area contributed by atoms with Gasteiger partial charge in [-0.2, -0.15) is 0 Å². The Labute approximate surface area is 127 Å². The van der Waals surface area contributed by atoms with Gasteiger partial charge in [-0.15, -0.1) is 11.8 Å². The molecule has 2 nitrogen and oxygen atoms in total. The minimum atomic E-state index is 0.112. The molecule has 0 radical (unpaired) electrons. The highest BCUT2D eigenvalue weighted by atomic mass is 79.9. The predicted octanol–water partition coefficient (Wildman–Crippen LogP) is 4.76. The minimum Gasteiger partial charge on any atom is -0.325 e. The maximum absolute atomic E-state index is 11.9. The highest BCUT2D eigenvalue weighted by molar-refractivity contribution is 9.10. The number of anilines is 1. The lowest BCUT2D eigenvalue weighted by Gasteiger charge is -2.20. The van der Waals surface area contributed by atoms with Gasteiger partial charge in [-0.05, 0) is 43.5 Å². The van der Waals surface area contributed by atoms with Gasteiger partial charge in [0, 0.05) is 15.4 Å². The molecule has 1 aromatic carbocycles. The van der Waals surface area contributed by atoms with E-state index < -0.39 is 0 Å². The number of hydrogen-bond donors (Lipinski definition) is 1. The first-order valence-electron chi connectivity index (χ1n) is 6.83. The molecular formula is C15H20BrNOS. The Morgan fingerprint density at radius 2 is 2.11 bits per heavy atom. The average Bonchev–Trinajstić information content (AvgIpc) is 2.41. The molecule has 0 unspecified atom stereocenters. The van der Waals surface area contributed by atoms with Gasteiger partial charge in [0.15, 0.2) is 0 Å². The first-order chi connectivity index (χ1) is 9.15. The van der Waals surface area contributed by atoms with Gasteiger partial charge in [0.25, 0.3) is 0 Å². The molecule has 4 heteroatoms. The van der Waals surface area contributed by atoms with E-state index in [2.05, 4.69) is 21.2 Å². The summed E-state index contributed by atoms with van der Waals surface area (Å²) in [5.74, 6) is 0.682. The number of carbonyl (C=O) groups excluding carboxylic acids is 1. The van der Waals surface area contributed by atoms with Crippen LogP contribution in [0.5, 0.6) is 0 Å². The van der Waals surface area contributed by atoms with Gasteiger partial charge in [-0.3, -0.25) is 4.79 Å². The largest absolute Gasteiger partial charge is 0.325 e. The Balaban J connectivity index is 1.80. The van der Waals surface area contributed by atoms with E-state index in [1.807, 2.05) is 36.9 Å². The van der Waals surface area contributed by atoms with Gasteiger partial charge < -0.3 is 5.32 Å². The quantitative estimate of drug-likeness (QED) is 0.855. The van der Waals surface area contributed by atoms with Crippen LogP contribution in [0.1, 0.15) is 37.7 Å². The average molecular weight is 342 g/mol. The van der Waals surface area contributed by atoms with Crippen LogP contribution in [0, 0.1) is 6.92 Å². The van der Waals surface area contributed by atoms with E-state index in [-0.39, 0.29) is 5.91 Å². The summed E-state index contributed by atoms with van der Waals surface area (Å²) in [6.45, 7) is 2.01. The lowest BCUT2D eigenvalue weighted by Crippen LogP contribution is -2.18. The predicted molar refractivity (Wildman–Crippen MR) is 86.8 cm³/mol. The summed E-state index contributed by atoms with van der Waals surface area (Å²) in [6, 6.07) is 5.92. The first-order valence-corrected chi connectivity index (χ1v) is 8.67. The van der Waals surface area contributed by atoms with Gasteiger partial charge in [0.2, 0.25) is 5.91 Å². The number of halogens is 1. The van der Waals surface area contributed by atoms with Crippen molar-refractivity contribution in [3.8, 4) is 0 Å². The molecule has 1 aliphatic rings. The molecule has 1 amide bonds. The van der Waals surface area contributed by atoms with Crippen LogP contribution in [-0.2, 0) is 4.79 Å². The van der Waals surface area contributed by atoms with Crippen LogP contribution < -0.4 is 5.32 Å². The molecule has 2 rings (SSSR count). The monoisotopic (exact) mass is 341 g/mol. The minimum absolute atomic E-state index is 0.112. The second-order valence-electron chi connectivity index (χ2n) is 5.08. The number of amides is 1. The molecule has 19 heavy (non-hydrogen) atoms. The number of hydrogen-bond acceptors (Lipinski definition) is 2. The fraction of sp³-hybridized carbons (Fsp3) is 0.533. The van der Waals surface area contributed by atoms with E-state index in [4.69, 9.17) is 0 Å². The Morgan fingerprint density at radius 3 is 2.79 bits per heavy atom. The Morgan fingerprint density at radius 1 is 1.37 bits per heavy atom. The molecule has 1 fully saturated rings. The van der Waals surface area contributed by atoms with Crippen molar-refractivity contribution >= 4 is 39.3 Å². The summed E-state index contributed by atoms with van der Waals surface area (Å²) in [6.07, 6.45) is 6.56. The van der Waals surface area contributed by atoms with Crippen LogP contribution in [0.15, 0.2) is 22.7 Å². The zero-order valence-corrected chi connectivity index (χ0v) is 13.6. The summed E-state index contributed by atoms with van der Waals surface area (Å²) >= 11 is 5.24. The Bertz CT molecular complexity index is 444. The maximum Gasteiger partial charge on any atom is 0.234 e. The molecular weight excluding hydrogens is 322 g/mol. The molecule has 0 atom stereocenters. The van der Waals surface area contributed by atoms with Crippen molar-refractivity contribution in [3.63, 3.8) is 0 Å². The second-order valence-corrected chi connectivity index (χ2v) is 7.28. The topological polar surface area (TPSA) is 29.1 Å². The second kappa shape index (κ2) is 7.34. The van der Waals surface area contributed by atoms with E-state index >= 15 is 0 Å². The number of aryl methyl sites for hydroxylation is 1. The number of nitrogens with one attached hydrogen (secondary N) is 1. The van der Waals surface area contributed by atoms with Crippen LogP contribution in [-0.4, -0.2) is 16.9 Å². The highest BCUT2D eigenvalue weighted by Gasteiger charge is 2.15. The normalized spacial score (nSPS) is 16.3. The lowest BCUT2D eigenvalue weighted by atomic mass is 10.0. The third-order valence-electron chi connectivity index (χ3n) is 3.46. The van der Waals surface area contributed by atoms with Crippen molar-refractivity contribution in [2.24, 2.45) is 0 Å². The molecule has 104 valence electrons. The fourth-order valence-corrected chi connectivity index (χ4v) is 3.98. The molecule has 0 bridgehead atoms. The number of benzene rings is 1. The molecule has 1 N–H and O–H groups in total. The van der Waals surface area contributed by atoms with Crippen LogP contribution in [0.2, 0.25) is 0 Å². The molecule has 1 aliphatic carbocycles. The van der Waals surface area contributed by atoms with Crippen LogP contribution >= 0.6 is 27.7 Å². The van der Waals surface area contributed by atoms with E-state index in [1.54, 1.807) is 0 Å². The summed E-state index contributed by atoms with van der Waals surface area (Å²) < 4.78 is 1.04. The maximum atomic E-state index is 11.9. The van der Waals surface area contributed by atoms with Crippen LogP contribution in [0.25, 0.3) is 0 Å². The van der Waals surface area contributed by atoms with Crippen LogP contribution in [0.3, 0.4) is 0 Å². The number of thioether (sulfide) groups is 1. The third kappa shape index (κ3) is 4.84. The molecule has 1 aromatic rings. The van der Waals surface area contributed by atoms with E-state index in [9.17, 15) is 4.79 Å². The molecule has 0 heterocycles. The standard InChI is InChI=1S/C15H20BrNOS/c1-11-9-12(16)7-8-14(11)17-15(18)10-19-13-5-3-2-4-6-13/h7-9,13H,2-6,10H2,1H3,(H,17,18). The summed E-state index contributed by atoms with van der Waals surface area (Å²) in [4.78, 5) is 11.9. The fourth-order valence-electron chi connectivity index (χ4n) is 2.38. The van der Waals surface area contributed by atoms with Crippen molar-refractivity contribution in [2.75, 3.05) is 11.1 Å². The van der Waals surface area contributed by atoms with Gasteiger partial charge in [-0.1, -0.05) is 35.2 Å². The third-order valence-corrected chi connectivity index (χ3v) is 5.33. The van der Waals surface area contributed by atoms with Crippen molar-refractivity contribution < 1.29 is 4.79 Å². The summed E-state index contributed by atoms with van der Waals surface area (Å²) in [5, 5.41) is 3.68. The number of rotatable bonds is 4. The lowest BCUT2D eigenvalue weighted by molar-refractivity contribution is -0.113. The summed E-state index contributed by atoms with van der Waals surface area (Å²) in [5.41, 5.74) is 2.00.